The summed E-state index contributed by atoms with van der Waals surface area (Å²) in [6.45, 7) is 2.18. The quantitative estimate of drug-likeness (QED) is 0.467. The Balaban J connectivity index is 2.03. The average molecular weight is 330 g/mol. The van der Waals surface area contributed by atoms with Gasteiger partial charge in [0, 0.05) is 17.0 Å². The van der Waals surface area contributed by atoms with E-state index in [0.717, 1.165) is 43.7 Å². The summed E-state index contributed by atoms with van der Waals surface area (Å²) in [5.74, 6) is 2.21. The van der Waals surface area contributed by atoms with Crippen molar-refractivity contribution in [3.8, 4) is 11.8 Å². The molecule has 1 aliphatic rings. The van der Waals surface area contributed by atoms with Gasteiger partial charge >= 0.3 is 12.1 Å². The summed E-state index contributed by atoms with van der Waals surface area (Å²) in [6.07, 6.45) is -0.0716. The number of halogens is 5. The van der Waals surface area contributed by atoms with E-state index in [4.69, 9.17) is 0 Å². The Morgan fingerprint density at radius 3 is 2.00 bits per heavy atom. The number of hydrogen-bond donors (Lipinski definition) is 0. The molecule has 0 aromatic heterocycles. The van der Waals surface area contributed by atoms with Crippen LogP contribution in [0.1, 0.15) is 50.2 Å². The van der Waals surface area contributed by atoms with Crippen molar-refractivity contribution in [2.75, 3.05) is 0 Å². The highest BCUT2D eigenvalue weighted by molar-refractivity contribution is 5.38. The second-order valence-corrected chi connectivity index (χ2v) is 6.04. The van der Waals surface area contributed by atoms with E-state index in [9.17, 15) is 22.0 Å². The molecule has 1 aromatic carbocycles. The van der Waals surface area contributed by atoms with Crippen molar-refractivity contribution >= 4 is 0 Å². The SMILES string of the molecule is CC[C@H]1CC[C@H](C#Cc2ccc(C(F)(F)C(F)(F)F)cc2)CC1. The van der Waals surface area contributed by atoms with Crippen LogP contribution in [0.5, 0.6) is 0 Å². The van der Waals surface area contributed by atoms with Crippen molar-refractivity contribution in [3.63, 3.8) is 0 Å². The minimum atomic E-state index is -5.59. The van der Waals surface area contributed by atoms with Gasteiger partial charge in [0.05, 0.1) is 0 Å². The maximum atomic E-state index is 13.2. The highest BCUT2D eigenvalue weighted by Gasteiger charge is 2.58. The lowest BCUT2D eigenvalue weighted by Gasteiger charge is -2.24. The number of rotatable bonds is 2. The second kappa shape index (κ2) is 6.90. The molecule has 0 heterocycles. The van der Waals surface area contributed by atoms with E-state index in [1.807, 2.05) is 0 Å². The predicted octanol–water partition coefficient (Wildman–Crippen LogP) is 5.91. The Labute approximate surface area is 133 Å². The molecule has 5 heteroatoms. The van der Waals surface area contributed by atoms with Gasteiger partial charge in [0.2, 0.25) is 0 Å². The van der Waals surface area contributed by atoms with Gasteiger partial charge < -0.3 is 0 Å². The minimum Gasteiger partial charge on any atom is -0.191 e. The van der Waals surface area contributed by atoms with Gasteiger partial charge in [0.25, 0.3) is 0 Å². The third-order valence-electron chi connectivity index (χ3n) is 4.45. The molecule has 0 unspecified atom stereocenters. The number of benzene rings is 1. The first kappa shape index (κ1) is 17.8. The first-order valence-electron chi connectivity index (χ1n) is 7.80. The molecular formula is C18H19F5. The third kappa shape index (κ3) is 4.25. The molecule has 0 aliphatic heterocycles. The van der Waals surface area contributed by atoms with E-state index < -0.39 is 17.7 Å². The standard InChI is InChI=1S/C18H19F5/c1-2-13-3-5-14(6-4-13)7-8-15-9-11-16(12-10-15)17(19,20)18(21,22)23/h9-14H,2-6H2,1H3/t13-,14-. The normalized spacial score (nSPS) is 22.3. The fourth-order valence-electron chi connectivity index (χ4n) is 2.83. The van der Waals surface area contributed by atoms with Crippen molar-refractivity contribution in [2.24, 2.45) is 11.8 Å². The van der Waals surface area contributed by atoms with E-state index in [-0.39, 0.29) is 5.92 Å². The highest BCUT2D eigenvalue weighted by Crippen LogP contribution is 2.43. The van der Waals surface area contributed by atoms with Crippen LogP contribution < -0.4 is 0 Å². The van der Waals surface area contributed by atoms with Crippen LogP contribution in [-0.2, 0) is 5.92 Å². The van der Waals surface area contributed by atoms with Crippen LogP contribution in [0.15, 0.2) is 24.3 Å². The van der Waals surface area contributed by atoms with E-state index >= 15 is 0 Å². The number of hydrogen-bond acceptors (Lipinski definition) is 0. The minimum absolute atomic E-state index is 0.286. The largest absolute Gasteiger partial charge is 0.458 e. The summed E-state index contributed by atoms with van der Waals surface area (Å²) in [5.41, 5.74) is -0.594. The monoisotopic (exact) mass is 330 g/mol. The summed E-state index contributed by atoms with van der Waals surface area (Å²) in [5, 5.41) is 0. The van der Waals surface area contributed by atoms with Crippen molar-refractivity contribution in [3.05, 3.63) is 35.4 Å². The fourth-order valence-corrected chi connectivity index (χ4v) is 2.83. The molecule has 126 valence electrons. The Hall–Kier alpha value is -1.57. The maximum absolute atomic E-state index is 13.2. The zero-order valence-electron chi connectivity index (χ0n) is 12.9. The lowest BCUT2D eigenvalue weighted by Crippen LogP contribution is -2.33. The molecule has 0 nitrogen and oxygen atoms in total. The van der Waals surface area contributed by atoms with Crippen LogP contribution in [0.3, 0.4) is 0 Å². The topological polar surface area (TPSA) is 0 Å². The predicted molar refractivity (Wildman–Crippen MR) is 79.0 cm³/mol. The molecule has 0 amide bonds. The third-order valence-corrected chi connectivity index (χ3v) is 4.45. The van der Waals surface area contributed by atoms with Gasteiger partial charge in [-0.05, 0) is 43.7 Å². The molecule has 0 N–H and O–H groups in total. The molecule has 1 saturated carbocycles. The molecule has 1 fully saturated rings. The Bertz CT molecular complexity index is 566. The molecule has 0 saturated heterocycles. The van der Waals surface area contributed by atoms with Crippen LogP contribution in [-0.4, -0.2) is 6.18 Å². The summed E-state index contributed by atoms with van der Waals surface area (Å²) in [7, 11) is 0. The second-order valence-electron chi connectivity index (χ2n) is 6.04. The van der Waals surface area contributed by atoms with Crippen LogP contribution in [0.25, 0.3) is 0 Å². The molecule has 0 bridgehead atoms. The first-order chi connectivity index (χ1) is 10.7. The van der Waals surface area contributed by atoms with Crippen molar-refractivity contribution in [1.82, 2.24) is 0 Å². The van der Waals surface area contributed by atoms with Gasteiger partial charge in [0.1, 0.15) is 0 Å². The Morgan fingerprint density at radius 1 is 0.957 bits per heavy atom. The van der Waals surface area contributed by atoms with Gasteiger partial charge in [-0.1, -0.05) is 37.3 Å². The molecule has 2 rings (SSSR count). The average Bonchev–Trinajstić information content (AvgIpc) is 2.53. The summed E-state index contributed by atoms with van der Waals surface area (Å²) < 4.78 is 63.2. The molecule has 0 atom stereocenters. The van der Waals surface area contributed by atoms with Crippen LogP contribution in [0.2, 0.25) is 0 Å². The van der Waals surface area contributed by atoms with Crippen LogP contribution >= 0.6 is 0 Å². The maximum Gasteiger partial charge on any atom is 0.458 e. The van der Waals surface area contributed by atoms with Gasteiger partial charge in [-0.3, -0.25) is 0 Å². The van der Waals surface area contributed by atoms with Crippen molar-refractivity contribution < 1.29 is 22.0 Å². The van der Waals surface area contributed by atoms with Crippen LogP contribution in [0.4, 0.5) is 22.0 Å². The van der Waals surface area contributed by atoms with Crippen molar-refractivity contribution in [1.29, 1.82) is 0 Å². The Morgan fingerprint density at radius 2 is 1.52 bits per heavy atom. The number of alkyl halides is 5. The van der Waals surface area contributed by atoms with E-state index in [0.29, 0.717) is 5.56 Å². The lowest BCUT2D eigenvalue weighted by molar-refractivity contribution is -0.289. The van der Waals surface area contributed by atoms with E-state index in [1.165, 1.54) is 18.6 Å². The van der Waals surface area contributed by atoms with Crippen molar-refractivity contribution in [2.45, 2.75) is 51.1 Å². The highest BCUT2D eigenvalue weighted by atomic mass is 19.4. The molecule has 23 heavy (non-hydrogen) atoms. The summed E-state index contributed by atoms with van der Waals surface area (Å²) in [4.78, 5) is 0. The molecule has 1 aromatic rings. The van der Waals surface area contributed by atoms with Crippen LogP contribution in [0, 0.1) is 23.7 Å². The van der Waals surface area contributed by atoms with E-state index in [2.05, 4.69) is 18.8 Å². The Kier molecular flexibility index (Phi) is 5.33. The van der Waals surface area contributed by atoms with Gasteiger partial charge in [-0.15, -0.1) is 0 Å². The lowest BCUT2D eigenvalue weighted by atomic mass is 9.81. The van der Waals surface area contributed by atoms with Gasteiger partial charge in [-0.2, -0.15) is 22.0 Å². The van der Waals surface area contributed by atoms with E-state index in [1.54, 1.807) is 0 Å². The molecule has 0 spiro atoms. The zero-order valence-corrected chi connectivity index (χ0v) is 12.9. The fraction of sp³-hybridized carbons (Fsp3) is 0.556. The summed E-state index contributed by atoms with van der Waals surface area (Å²) in [6, 6.07) is 4.04. The summed E-state index contributed by atoms with van der Waals surface area (Å²) >= 11 is 0. The molecule has 1 aliphatic carbocycles. The van der Waals surface area contributed by atoms with Gasteiger partial charge in [-0.25, -0.2) is 0 Å². The van der Waals surface area contributed by atoms with Gasteiger partial charge in [0.15, 0.2) is 0 Å². The molecule has 0 radical (unpaired) electrons. The molecular weight excluding hydrogens is 311 g/mol. The smallest absolute Gasteiger partial charge is 0.191 e. The first-order valence-corrected chi connectivity index (χ1v) is 7.80. The zero-order chi connectivity index (χ0) is 17.1.